The summed E-state index contributed by atoms with van der Waals surface area (Å²) in [6.45, 7) is 3.14. The van der Waals surface area contributed by atoms with Crippen LogP contribution < -0.4 is 10.6 Å². The molecule has 148 valence electrons. The van der Waals surface area contributed by atoms with Gasteiger partial charge in [0.25, 0.3) is 0 Å². The molecule has 1 aromatic carbocycles. The van der Waals surface area contributed by atoms with E-state index in [1.807, 2.05) is 0 Å². The first kappa shape index (κ1) is 19.7. The van der Waals surface area contributed by atoms with Crippen LogP contribution in [0.3, 0.4) is 0 Å². The molecule has 2 heterocycles. The summed E-state index contributed by atoms with van der Waals surface area (Å²) < 4.78 is 18.2. The van der Waals surface area contributed by atoms with Crippen molar-refractivity contribution in [3.05, 3.63) is 34.2 Å². The molecule has 1 aromatic heterocycles. The van der Waals surface area contributed by atoms with Crippen LogP contribution in [0.25, 0.3) is 0 Å². The van der Waals surface area contributed by atoms with Crippen molar-refractivity contribution in [3.63, 3.8) is 0 Å². The lowest BCUT2D eigenvalue weighted by Gasteiger charge is -2.33. The zero-order chi connectivity index (χ0) is 20.3. The fraction of sp³-hybridized carbons (Fsp3) is 0.312. The highest BCUT2D eigenvalue weighted by molar-refractivity contribution is 9.10. The highest BCUT2D eigenvalue weighted by Gasteiger charge is 2.25. The fourth-order valence-corrected chi connectivity index (χ4v) is 3.00. The predicted molar refractivity (Wildman–Crippen MR) is 102 cm³/mol. The third-order valence-electron chi connectivity index (χ3n) is 4.15. The first-order valence-electron chi connectivity index (χ1n) is 8.30. The molecule has 3 N–H and O–H groups in total. The molecule has 1 aliphatic heterocycles. The van der Waals surface area contributed by atoms with Crippen molar-refractivity contribution in [3.8, 4) is 0 Å². The molecular formula is C16H17BrFN7O3. The van der Waals surface area contributed by atoms with Gasteiger partial charge in [-0.05, 0) is 44.4 Å². The second-order valence-electron chi connectivity index (χ2n) is 6.01. The summed E-state index contributed by atoms with van der Waals surface area (Å²) in [6, 6.07) is 3.72. The lowest BCUT2D eigenvalue weighted by Crippen LogP contribution is -2.51. The summed E-state index contributed by atoms with van der Waals surface area (Å²) in [5.41, 5.74) is 0.440. The summed E-state index contributed by atoms with van der Waals surface area (Å²) in [7, 11) is 0. The Hall–Kier alpha value is -3.02. The number of carbonyl (C=O) groups is 2. The van der Waals surface area contributed by atoms with Crippen molar-refractivity contribution < 1.29 is 18.6 Å². The monoisotopic (exact) mass is 453 g/mol. The minimum absolute atomic E-state index is 0.00355. The second kappa shape index (κ2) is 8.33. The Labute approximate surface area is 167 Å². The predicted octanol–water partition coefficient (Wildman–Crippen LogP) is 2.10. The topological polar surface area (TPSA) is 127 Å². The lowest BCUT2D eigenvalue weighted by atomic mass is 10.3. The van der Waals surface area contributed by atoms with Crippen molar-refractivity contribution in [2.75, 3.05) is 36.8 Å². The number of halogens is 2. The molecule has 0 bridgehead atoms. The van der Waals surface area contributed by atoms with Crippen LogP contribution in [0.1, 0.15) is 12.6 Å². The van der Waals surface area contributed by atoms with Gasteiger partial charge in [-0.1, -0.05) is 0 Å². The van der Waals surface area contributed by atoms with Gasteiger partial charge >= 0.3 is 6.03 Å². The molecule has 0 aliphatic carbocycles. The van der Waals surface area contributed by atoms with Crippen LogP contribution in [0.4, 0.5) is 20.7 Å². The molecule has 3 amide bonds. The minimum Gasteiger partial charge on any atom is -0.339 e. The van der Waals surface area contributed by atoms with Gasteiger partial charge in [0.2, 0.25) is 11.7 Å². The maximum Gasteiger partial charge on any atom is 0.323 e. The van der Waals surface area contributed by atoms with Crippen molar-refractivity contribution >= 4 is 45.2 Å². The molecule has 2 aromatic rings. The Morgan fingerprint density at radius 2 is 1.86 bits per heavy atom. The van der Waals surface area contributed by atoms with Gasteiger partial charge in [0.1, 0.15) is 5.82 Å². The Bertz CT molecular complexity index is 911. The maximum atomic E-state index is 13.3. The number of rotatable bonds is 3. The van der Waals surface area contributed by atoms with E-state index in [9.17, 15) is 14.0 Å². The average Bonchev–Trinajstić information content (AvgIpc) is 3.13. The summed E-state index contributed by atoms with van der Waals surface area (Å²) >= 11 is 3.07. The van der Waals surface area contributed by atoms with E-state index in [-0.39, 0.29) is 27.7 Å². The minimum atomic E-state index is -0.433. The van der Waals surface area contributed by atoms with Crippen molar-refractivity contribution in [1.82, 2.24) is 20.1 Å². The van der Waals surface area contributed by atoms with Gasteiger partial charge in [-0.15, -0.1) is 0 Å². The number of nitrogens with one attached hydrogen (secondary N) is 3. The van der Waals surface area contributed by atoms with Gasteiger partial charge < -0.3 is 15.1 Å². The zero-order valence-corrected chi connectivity index (χ0v) is 16.4. The number of nitrogens with zero attached hydrogens (tertiary/aromatic N) is 4. The molecule has 1 aliphatic rings. The highest BCUT2D eigenvalue weighted by atomic mass is 79.9. The van der Waals surface area contributed by atoms with Crippen molar-refractivity contribution in [2.24, 2.45) is 0 Å². The van der Waals surface area contributed by atoms with Gasteiger partial charge in [-0.2, -0.15) is 0 Å². The molecule has 1 fully saturated rings. The summed E-state index contributed by atoms with van der Waals surface area (Å²) in [5.74, 6) is -0.665. The summed E-state index contributed by atoms with van der Waals surface area (Å²) in [5, 5.41) is 20.7. The molecule has 0 saturated carbocycles. The molecule has 0 radical (unpaired) electrons. The third-order valence-corrected chi connectivity index (χ3v) is 4.76. The van der Waals surface area contributed by atoms with E-state index < -0.39 is 11.8 Å². The largest absolute Gasteiger partial charge is 0.339 e. The van der Waals surface area contributed by atoms with E-state index in [1.165, 1.54) is 30.0 Å². The number of benzene rings is 1. The first-order valence-corrected chi connectivity index (χ1v) is 9.09. The second-order valence-corrected chi connectivity index (χ2v) is 6.87. The molecule has 12 heteroatoms. The van der Waals surface area contributed by atoms with Crippen LogP contribution in [0.2, 0.25) is 0 Å². The van der Waals surface area contributed by atoms with Crippen LogP contribution in [0.5, 0.6) is 0 Å². The Morgan fingerprint density at radius 1 is 1.18 bits per heavy atom. The number of piperazine rings is 1. The molecule has 28 heavy (non-hydrogen) atoms. The van der Waals surface area contributed by atoms with Gasteiger partial charge in [-0.3, -0.25) is 15.5 Å². The number of urea groups is 1. The smallest absolute Gasteiger partial charge is 0.323 e. The lowest BCUT2D eigenvalue weighted by molar-refractivity contribution is -0.130. The molecule has 3 rings (SSSR count). The average molecular weight is 454 g/mol. The van der Waals surface area contributed by atoms with Crippen LogP contribution in [0.15, 0.2) is 27.3 Å². The van der Waals surface area contributed by atoms with Crippen molar-refractivity contribution in [1.29, 1.82) is 5.41 Å². The Balaban J connectivity index is 1.63. The SMILES string of the molecule is CC(=O)N1CCN(C(=O)Nc2nonc2C(=N)Nc2ccc(F)c(Br)c2)CC1. The van der Waals surface area contributed by atoms with E-state index in [2.05, 4.69) is 41.5 Å². The normalized spacial score (nSPS) is 14.0. The summed E-state index contributed by atoms with van der Waals surface area (Å²) in [4.78, 5) is 27.0. The standard InChI is InChI=1S/C16H17BrFN7O3/c1-9(26)24-4-6-25(7-5-24)16(27)21-15-13(22-28-23-15)14(19)20-10-2-3-12(18)11(17)8-10/h2-3,8H,4-7H2,1H3,(H2,19,20)(H,21,23,27). The summed E-state index contributed by atoms with van der Waals surface area (Å²) in [6.07, 6.45) is 0. The van der Waals surface area contributed by atoms with Gasteiger partial charge in [-0.25, -0.2) is 13.8 Å². The number of carbonyl (C=O) groups excluding carboxylic acids is 2. The van der Waals surface area contributed by atoms with Gasteiger partial charge in [0.15, 0.2) is 11.5 Å². The number of hydrogen-bond donors (Lipinski definition) is 3. The van der Waals surface area contributed by atoms with Gasteiger partial charge in [0.05, 0.1) is 4.47 Å². The van der Waals surface area contributed by atoms with Crippen LogP contribution >= 0.6 is 15.9 Å². The molecule has 0 unspecified atom stereocenters. The molecule has 10 nitrogen and oxygen atoms in total. The molecule has 1 saturated heterocycles. The highest BCUT2D eigenvalue weighted by Crippen LogP contribution is 2.21. The molecular weight excluding hydrogens is 437 g/mol. The van der Waals surface area contributed by atoms with E-state index >= 15 is 0 Å². The fourth-order valence-electron chi connectivity index (χ4n) is 2.62. The zero-order valence-electron chi connectivity index (χ0n) is 14.8. The quantitative estimate of drug-likeness (QED) is 0.482. The maximum absolute atomic E-state index is 13.3. The number of hydrogen-bond acceptors (Lipinski definition) is 6. The molecule has 0 atom stereocenters. The number of anilines is 2. The third kappa shape index (κ3) is 4.44. The van der Waals surface area contributed by atoms with Crippen LogP contribution in [-0.2, 0) is 4.79 Å². The Morgan fingerprint density at radius 3 is 2.50 bits per heavy atom. The van der Waals surface area contributed by atoms with Crippen LogP contribution in [0, 0.1) is 11.2 Å². The molecule has 0 spiro atoms. The number of amidine groups is 1. The van der Waals surface area contributed by atoms with E-state index in [1.54, 1.807) is 4.90 Å². The van der Waals surface area contributed by atoms with Gasteiger partial charge in [0, 0.05) is 38.8 Å². The van der Waals surface area contributed by atoms with Crippen molar-refractivity contribution in [2.45, 2.75) is 6.92 Å². The van der Waals surface area contributed by atoms with E-state index in [0.29, 0.717) is 31.9 Å². The number of amides is 3. The van der Waals surface area contributed by atoms with E-state index in [0.717, 1.165) is 0 Å². The van der Waals surface area contributed by atoms with Crippen LogP contribution in [-0.4, -0.2) is 64.1 Å². The van der Waals surface area contributed by atoms with E-state index in [4.69, 9.17) is 5.41 Å². The first-order chi connectivity index (χ1) is 13.3. The number of aromatic nitrogens is 2. The Kier molecular flexibility index (Phi) is 5.87.